The molecule has 0 unspecified atom stereocenters. The third kappa shape index (κ3) is 8.11. The Morgan fingerprint density at radius 1 is 0.377 bits per heavy atom. The number of benzene rings is 6. The molecule has 2 nitrogen and oxygen atoms in total. The number of rotatable bonds is 6. The van der Waals surface area contributed by atoms with Gasteiger partial charge in [-0.3, -0.25) is 0 Å². The maximum Gasteiger partial charge on any atom is 0.0557 e. The maximum absolute atomic E-state index is 2.44. The van der Waals surface area contributed by atoms with Gasteiger partial charge in [0.2, 0.25) is 0 Å². The predicted octanol–water partition coefficient (Wildman–Crippen LogP) is 14.4. The van der Waals surface area contributed by atoms with Crippen LogP contribution in [0.4, 0.5) is 22.7 Å². The summed E-state index contributed by atoms with van der Waals surface area (Å²) in [4.78, 5) is 7.55. The smallest absolute Gasteiger partial charge is 0.0557 e. The maximum atomic E-state index is 2.44. The SMILES string of the molecule is CC(C)(C)N1c2ccccc2Sc2ccccc21.CC(C)(c1ccccc1)c1ccc(N(c2ccc(C(C)(C)c3ccccc3)cc2)C(C)(C)C)cc1. The van der Waals surface area contributed by atoms with E-state index in [9.17, 15) is 0 Å². The molecule has 0 N–H and O–H groups in total. The third-order valence-corrected chi connectivity index (χ3v) is 11.6. The van der Waals surface area contributed by atoms with Crippen LogP contribution in [0.2, 0.25) is 0 Å². The summed E-state index contributed by atoms with van der Waals surface area (Å²) in [5.41, 5.74) is 10.3. The van der Waals surface area contributed by atoms with E-state index >= 15 is 0 Å². The highest BCUT2D eigenvalue weighted by atomic mass is 32.2. The second-order valence-corrected chi connectivity index (χ2v) is 18.2. The summed E-state index contributed by atoms with van der Waals surface area (Å²) in [5.74, 6) is 0. The van der Waals surface area contributed by atoms with Crippen molar-refractivity contribution < 1.29 is 0 Å². The molecule has 7 rings (SSSR count). The Labute approximate surface area is 323 Å². The molecule has 0 saturated heterocycles. The highest BCUT2D eigenvalue weighted by Crippen LogP contribution is 2.50. The van der Waals surface area contributed by atoms with Crippen LogP contribution in [-0.4, -0.2) is 11.1 Å². The van der Waals surface area contributed by atoms with Gasteiger partial charge in [0.1, 0.15) is 0 Å². The molecular formula is C50H56N2S. The molecule has 0 radical (unpaired) electrons. The van der Waals surface area contributed by atoms with E-state index in [2.05, 4.69) is 237 Å². The van der Waals surface area contributed by atoms with E-state index in [0.717, 1.165) is 0 Å². The molecule has 0 aromatic heterocycles. The molecule has 6 aromatic carbocycles. The topological polar surface area (TPSA) is 6.48 Å². The molecule has 1 heterocycles. The van der Waals surface area contributed by atoms with Crippen LogP contribution in [0.25, 0.3) is 0 Å². The summed E-state index contributed by atoms with van der Waals surface area (Å²) in [5, 5.41) is 0. The number of hydrogen-bond donors (Lipinski definition) is 0. The van der Waals surface area contributed by atoms with Crippen molar-refractivity contribution in [2.24, 2.45) is 0 Å². The van der Waals surface area contributed by atoms with Gasteiger partial charge in [-0.1, -0.05) is 149 Å². The van der Waals surface area contributed by atoms with Crippen molar-refractivity contribution in [3.05, 3.63) is 180 Å². The van der Waals surface area contributed by atoms with Gasteiger partial charge in [-0.05, 0) is 112 Å². The first-order valence-electron chi connectivity index (χ1n) is 18.9. The fourth-order valence-electron chi connectivity index (χ4n) is 7.45. The van der Waals surface area contributed by atoms with E-state index in [1.54, 1.807) is 0 Å². The van der Waals surface area contributed by atoms with Crippen LogP contribution < -0.4 is 9.80 Å². The number of hydrogen-bond acceptors (Lipinski definition) is 3. The molecule has 0 atom stereocenters. The van der Waals surface area contributed by atoms with Crippen LogP contribution in [0.3, 0.4) is 0 Å². The van der Waals surface area contributed by atoms with Crippen molar-refractivity contribution >= 4 is 34.5 Å². The zero-order chi connectivity index (χ0) is 38.0. The van der Waals surface area contributed by atoms with Gasteiger partial charge in [0.25, 0.3) is 0 Å². The number of nitrogens with zero attached hydrogens (tertiary/aromatic N) is 2. The van der Waals surface area contributed by atoms with E-state index in [0.29, 0.717) is 0 Å². The highest BCUT2D eigenvalue weighted by molar-refractivity contribution is 7.99. The van der Waals surface area contributed by atoms with Crippen molar-refractivity contribution in [3.63, 3.8) is 0 Å². The molecular weight excluding hydrogens is 661 g/mol. The second kappa shape index (κ2) is 15.0. The lowest BCUT2D eigenvalue weighted by molar-refractivity contribution is 0.553. The Kier molecular flexibility index (Phi) is 10.7. The normalized spacial score (nSPS) is 13.0. The molecule has 0 fully saturated rings. The van der Waals surface area contributed by atoms with Crippen LogP contribution in [0, 0.1) is 0 Å². The van der Waals surface area contributed by atoms with E-state index < -0.39 is 0 Å². The van der Waals surface area contributed by atoms with Crippen LogP contribution >= 0.6 is 11.8 Å². The average molecular weight is 717 g/mol. The van der Waals surface area contributed by atoms with E-state index in [4.69, 9.17) is 0 Å². The van der Waals surface area contributed by atoms with E-state index in [1.807, 2.05) is 11.8 Å². The van der Waals surface area contributed by atoms with Crippen molar-refractivity contribution in [3.8, 4) is 0 Å². The molecule has 1 aliphatic rings. The first-order chi connectivity index (χ1) is 25.1. The lowest BCUT2D eigenvalue weighted by atomic mass is 9.78. The first-order valence-corrected chi connectivity index (χ1v) is 19.7. The molecule has 272 valence electrons. The molecule has 0 saturated carbocycles. The van der Waals surface area contributed by atoms with Crippen LogP contribution in [0.1, 0.15) is 91.5 Å². The summed E-state index contributed by atoms with van der Waals surface area (Å²) in [6.07, 6.45) is 0. The standard InChI is InChI=1S/C34H39N.C16H17NS/c1-32(2,3)35(30-22-18-28(19-23-30)33(4,5)26-14-10-8-11-15-26)31-24-20-29(21-25-31)34(6,7)27-16-12-9-13-17-27;1-16(2,3)17-12-8-4-6-10-14(12)18-15-11-7-5-9-13(15)17/h8-25H,1-7H3;4-11H,1-3H3. The van der Waals surface area contributed by atoms with Gasteiger partial charge in [0.15, 0.2) is 0 Å². The molecule has 1 aliphatic heterocycles. The lowest BCUT2D eigenvalue weighted by Crippen LogP contribution is -2.39. The Hall–Kier alpha value is -4.73. The molecule has 3 heteroatoms. The zero-order valence-corrected chi connectivity index (χ0v) is 34.1. The third-order valence-electron chi connectivity index (χ3n) is 10.5. The minimum Gasteiger partial charge on any atom is -0.336 e. The summed E-state index contributed by atoms with van der Waals surface area (Å²) < 4.78 is 0. The van der Waals surface area contributed by atoms with Gasteiger partial charge in [0.05, 0.1) is 11.4 Å². The van der Waals surface area contributed by atoms with E-state index in [-0.39, 0.29) is 21.9 Å². The lowest BCUT2D eigenvalue weighted by Gasteiger charge is -2.42. The monoisotopic (exact) mass is 716 g/mol. The van der Waals surface area contributed by atoms with Crippen molar-refractivity contribution in [2.45, 2.75) is 101 Å². The number of anilines is 4. The summed E-state index contributed by atoms with van der Waals surface area (Å²) in [6, 6.07) is 57.0. The van der Waals surface area contributed by atoms with Crippen molar-refractivity contribution in [2.75, 3.05) is 9.80 Å². The first kappa shape index (κ1) is 38.0. The average Bonchev–Trinajstić information content (AvgIpc) is 3.14. The Morgan fingerprint density at radius 3 is 1.04 bits per heavy atom. The van der Waals surface area contributed by atoms with E-state index in [1.165, 1.54) is 54.8 Å². The van der Waals surface area contributed by atoms with Gasteiger partial charge in [-0.25, -0.2) is 0 Å². The molecule has 0 amide bonds. The minimum absolute atomic E-state index is 0.0446. The van der Waals surface area contributed by atoms with Crippen LogP contribution in [0.5, 0.6) is 0 Å². The van der Waals surface area contributed by atoms with Crippen LogP contribution in [-0.2, 0) is 10.8 Å². The summed E-state index contributed by atoms with van der Waals surface area (Å²) in [7, 11) is 0. The largest absolute Gasteiger partial charge is 0.336 e. The van der Waals surface area contributed by atoms with Crippen molar-refractivity contribution in [1.29, 1.82) is 0 Å². The predicted molar refractivity (Wildman–Crippen MR) is 231 cm³/mol. The zero-order valence-electron chi connectivity index (χ0n) is 33.3. The molecule has 53 heavy (non-hydrogen) atoms. The highest BCUT2D eigenvalue weighted by Gasteiger charge is 2.31. The van der Waals surface area contributed by atoms with Gasteiger partial charge < -0.3 is 9.80 Å². The summed E-state index contributed by atoms with van der Waals surface area (Å²) >= 11 is 1.86. The summed E-state index contributed by atoms with van der Waals surface area (Å²) in [6.45, 7) is 22.8. The fraction of sp³-hybridized carbons (Fsp3) is 0.280. The van der Waals surface area contributed by atoms with Gasteiger partial charge in [-0.15, -0.1) is 0 Å². The quantitative estimate of drug-likeness (QED) is 0.169. The molecule has 0 spiro atoms. The minimum atomic E-state index is -0.0626. The van der Waals surface area contributed by atoms with Crippen molar-refractivity contribution in [1.82, 2.24) is 0 Å². The number of fused-ring (bicyclic) bond motifs is 2. The van der Waals surface area contributed by atoms with Gasteiger partial charge >= 0.3 is 0 Å². The molecule has 0 aliphatic carbocycles. The van der Waals surface area contributed by atoms with Gasteiger partial charge in [0, 0.05) is 43.1 Å². The molecule has 6 aromatic rings. The Bertz CT molecular complexity index is 1960. The van der Waals surface area contributed by atoms with Gasteiger partial charge in [-0.2, -0.15) is 0 Å². The van der Waals surface area contributed by atoms with Crippen LogP contribution in [0.15, 0.2) is 168 Å². The Morgan fingerprint density at radius 2 is 0.698 bits per heavy atom. The number of para-hydroxylation sites is 2. The second-order valence-electron chi connectivity index (χ2n) is 17.1. The Balaban J connectivity index is 0.000000222. The molecule has 0 bridgehead atoms. The fourth-order valence-corrected chi connectivity index (χ4v) is 8.51.